The van der Waals surface area contributed by atoms with E-state index >= 15 is 0 Å². The molecule has 1 amide bonds. The molecular weight excluding hydrogens is 398 g/mol. The molecule has 0 atom stereocenters. The molecule has 2 aromatic rings. The van der Waals surface area contributed by atoms with E-state index in [1.54, 1.807) is 19.2 Å². The van der Waals surface area contributed by atoms with Crippen molar-refractivity contribution in [2.24, 2.45) is 4.99 Å². The predicted octanol–water partition coefficient (Wildman–Crippen LogP) is 2.66. The molecule has 0 aliphatic rings. The Bertz CT molecular complexity index is 758. The molecular formula is C18H24BrN5O2. The highest BCUT2D eigenvalue weighted by Gasteiger charge is 2.08. The van der Waals surface area contributed by atoms with Gasteiger partial charge in [-0.2, -0.15) is 0 Å². The Kier molecular flexibility index (Phi) is 7.65. The SMILES string of the molecule is CN=C(NCCNC(=O)c1cccc(Br)c1)NCc1cc(C(C)C)no1. The fraction of sp³-hybridized carbons (Fsp3) is 0.389. The van der Waals surface area contributed by atoms with Gasteiger partial charge in [0.2, 0.25) is 0 Å². The zero-order valence-corrected chi connectivity index (χ0v) is 16.8. The number of amides is 1. The van der Waals surface area contributed by atoms with Crippen LogP contribution in [0.2, 0.25) is 0 Å². The number of benzene rings is 1. The Morgan fingerprint density at radius 2 is 2.00 bits per heavy atom. The second-order valence-electron chi connectivity index (χ2n) is 5.99. The van der Waals surface area contributed by atoms with Crippen molar-refractivity contribution in [3.8, 4) is 0 Å². The Morgan fingerprint density at radius 3 is 2.65 bits per heavy atom. The van der Waals surface area contributed by atoms with Crippen molar-refractivity contribution >= 4 is 27.8 Å². The van der Waals surface area contributed by atoms with E-state index in [1.807, 2.05) is 18.2 Å². The Labute approximate surface area is 161 Å². The van der Waals surface area contributed by atoms with Crippen LogP contribution in [-0.2, 0) is 6.54 Å². The van der Waals surface area contributed by atoms with E-state index in [-0.39, 0.29) is 5.91 Å². The van der Waals surface area contributed by atoms with Gasteiger partial charge < -0.3 is 20.5 Å². The first-order valence-corrected chi connectivity index (χ1v) is 9.22. The van der Waals surface area contributed by atoms with Crippen LogP contribution in [-0.4, -0.2) is 37.2 Å². The molecule has 1 aromatic carbocycles. The molecule has 0 radical (unpaired) electrons. The van der Waals surface area contributed by atoms with E-state index in [2.05, 4.69) is 55.9 Å². The number of nitrogens with zero attached hydrogens (tertiary/aromatic N) is 2. The van der Waals surface area contributed by atoms with E-state index in [0.29, 0.717) is 37.1 Å². The molecule has 3 N–H and O–H groups in total. The zero-order chi connectivity index (χ0) is 18.9. The van der Waals surface area contributed by atoms with Gasteiger partial charge in [0, 0.05) is 36.2 Å². The van der Waals surface area contributed by atoms with Crippen LogP contribution in [0.1, 0.15) is 41.6 Å². The highest BCUT2D eigenvalue weighted by Crippen LogP contribution is 2.13. The average molecular weight is 422 g/mol. The maximum Gasteiger partial charge on any atom is 0.251 e. The third-order valence-electron chi connectivity index (χ3n) is 3.61. The van der Waals surface area contributed by atoms with Crippen LogP contribution in [0.4, 0.5) is 0 Å². The molecule has 2 rings (SSSR count). The third-order valence-corrected chi connectivity index (χ3v) is 4.11. The summed E-state index contributed by atoms with van der Waals surface area (Å²) in [5.74, 6) is 1.60. The molecule has 0 saturated carbocycles. The molecule has 1 heterocycles. The highest BCUT2D eigenvalue weighted by atomic mass is 79.9. The quantitative estimate of drug-likeness (QED) is 0.363. The standard InChI is InChI=1S/C18H24BrN5O2/c1-12(2)16-10-15(26-24-16)11-23-18(20-3)22-8-7-21-17(25)13-5-4-6-14(19)9-13/h4-6,9-10,12H,7-8,11H2,1-3H3,(H,21,25)(H2,20,22,23). The van der Waals surface area contributed by atoms with Gasteiger partial charge in [-0.1, -0.05) is 41.0 Å². The molecule has 0 bridgehead atoms. The number of carbonyl (C=O) groups is 1. The van der Waals surface area contributed by atoms with E-state index in [9.17, 15) is 4.79 Å². The molecule has 1 aromatic heterocycles. The van der Waals surface area contributed by atoms with E-state index in [4.69, 9.17) is 4.52 Å². The lowest BCUT2D eigenvalue weighted by Gasteiger charge is -2.11. The van der Waals surface area contributed by atoms with E-state index in [0.717, 1.165) is 15.9 Å². The largest absolute Gasteiger partial charge is 0.359 e. The van der Waals surface area contributed by atoms with Crippen LogP contribution in [0.15, 0.2) is 44.3 Å². The van der Waals surface area contributed by atoms with Gasteiger partial charge >= 0.3 is 0 Å². The minimum absolute atomic E-state index is 0.112. The first-order valence-electron chi connectivity index (χ1n) is 8.43. The van der Waals surface area contributed by atoms with Gasteiger partial charge in [0.15, 0.2) is 11.7 Å². The Balaban J connectivity index is 1.70. The molecule has 8 heteroatoms. The number of hydrogen-bond acceptors (Lipinski definition) is 4. The fourth-order valence-corrected chi connectivity index (χ4v) is 2.56. The van der Waals surface area contributed by atoms with Crippen molar-refractivity contribution in [1.29, 1.82) is 0 Å². The topological polar surface area (TPSA) is 91.5 Å². The summed E-state index contributed by atoms with van der Waals surface area (Å²) in [7, 11) is 1.69. The predicted molar refractivity (Wildman–Crippen MR) is 105 cm³/mol. The van der Waals surface area contributed by atoms with Gasteiger partial charge in [-0.15, -0.1) is 0 Å². The third kappa shape index (κ3) is 6.18. The van der Waals surface area contributed by atoms with Gasteiger partial charge in [0.1, 0.15) is 0 Å². The van der Waals surface area contributed by atoms with Crippen LogP contribution < -0.4 is 16.0 Å². The first kappa shape index (κ1) is 20.0. The van der Waals surface area contributed by atoms with Crippen LogP contribution in [0, 0.1) is 0 Å². The summed E-state index contributed by atoms with van der Waals surface area (Å²) in [6.07, 6.45) is 0. The summed E-state index contributed by atoms with van der Waals surface area (Å²) in [6, 6.07) is 9.20. The fourth-order valence-electron chi connectivity index (χ4n) is 2.16. The minimum atomic E-state index is -0.112. The number of nitrogens with one attached hydrogen (secondary N) is 3. The lowest BCUT2D eigenvalue weighted by molar-refractivity contribution is 0.0954. The summed E-state index contributed by atoms with van der Waals surface area (Å²) in [5, 5.41) is 13.2. The number of rotatable bonds is 7. The minimum Gasteiger partial charge on any atom is -0.359 e. The molecule has 26 heavy (non-hydrogen) atoms. The highest BCUT2D eigenvalue weighted by molar-refractivity contribution is 9.10. The van der Waals surface area contributed by atoms with Crippen LogP contribution in [0.5, 0.6) is 0 Å². The molecule has 0 aliphatic heterocycles. The Morgan fingerprint density at radius 1 is 1.23 bits per heavy atom. The van der Waals surface area contributed by atoms with Gasteiger partial charge in [-0.05, 0) is 24.1 Å². The van der Waals surface area contributed by atoms with Crippen molar-refractivity contribution in [2.45, 2.75) is 26.3 Å². The average Bonchev–Trinajstić information content (AvgIpc) is 3.10. The number of aromatic nitrogens is 1. The molecule has 0 aliphatic carbocycles. The van der Waals surface area contributed by atoms with Gasteiger partial charge in [0.25, 0.3) is 5.91 Å². The molecule has 0 saturated heterocycles. The summed E-state index contributed by atoms with van der Waals surface area (Å²) in [4.78, 5) is 16.2. The maximum atomic E-state index is 12.1. The summed E-state index contributed by atoms with van der Waals surface area (Å²) in [5.41, 5.74) is 1.55. The maximum absolute atomic E-state index is 12.1. The van der Waals surface area contributed by atoms with Crippen molar-refractivity contribution in [1.82, 2.24) is 21.1 Å². The first-order chi connectivity index (χ1) is 12.5. The normalized spacial score (nSPS) is 11.5. The number of carbonyl (C=O) groups excluding carboxylic acids is 1. The molecule has 0 fully saturated rings. The van der Waals surface area contributed by atoms with Crippen molar-refractivity contribution < 1.29 is 9.32 Å². The Hall–Kier alpha value is -2.35. The molecule has 140 valence electrons. The van der Waals surface area contributed by atoms with Crippen molar-refractivity contribution in [2.75, 3.05) is 20.1 Å². The lowest BCUT2D eigenvalue weighted by atomic mass is 10.1. The van der Waals surface area contributed by atoms with Crippen molar-refractivity contribution in [3.63, 3.8) is 0 Å². The zero-order valence-electron chi connectivity index (χ0n) is 15.2. The number of halogens is 1. The monoisotopic (exact) mass is 421 g/mol. The molecule has 7 nitrogen and oxygen atoms in total. The summed E-state index contributed by atoms with van der Waals surface area (Å²) < 4.78 is 6.16. The van der Waals surface area contributed by atoms with E-state index < -0.39 is 0 Å². The van der Waals surface area contributed by atoms with Gasteiger partial charge in [0.05, 0.1) is 12.2 Å². The van der Waals surface area contributed by atoms with Gasteiger partial charge in [-0.25, -0.2) is 0 Å². The second kappa shape index (κ2) is 9.96. The lowest BCUT2D eigenvalue weighted by Crippen LogP contribution is -2.41. The van der Waals surface area contributed by atoms with E-state index in [1.165, 1.54) is 0 Å². The summed E-state index contributed by atoms with van der Waals surface area (Å²) in [6.45, 7) is 5.65. The second-order valence-corrected chi connectivity index (χ2v) is 6.91. The van der Waals surface area contributed by atoms with Gasteiger partial charge in [-0.3, -0.25) is 9.79 Å². The molecule has 0 spiro atoms. The summed E-state index contributed by atoms with van der Waals surface area (Å²) >= 11 is 3.36. The molecule has 0 unspecified atom stereocenters. The van der Waals surface area contributed by atoms with Crippen LogP contribution >= 0.6 is 15.9 Å². The smallest absolute Gasteiger partial charge is 0.251 e. The number of guanidine groups is 1. The number of hydrogen-bond donors (Lipinski definition) is 3. The van der Waals surface area contributed by atoms with Crippen molar-refractivity contribution in [3.05, 3.63) is 51.8 Å². The van der Waals surface area contributed by atoms with Crippen LogP contribution in [0.25, 0.3) is 0 Å². The number of aliphatic imine (C=N–C) groups is 1. The van der Waals surface area contributed by atoms with Crippen LogP contribution in [0.3, 0.4) is 0 Å².